The van der Waals surface area contributed by atoms with Crippen LogP contribution in [0, 0.1) is 0 Å². The molecule has 2 heterocycles. The van der Waals surface area contributed by atoms with E-state index in [0.717, 1.165) is 23.2 Å². The van der Waals surface area contributed by atoms with Gasteiger partial charge in [-0.1, -0.05) is 86.1 Å². The van der Waals surface area contributed by atoms with Crippen LogP contribution in [0.5, 0.6) is 0 Å². The van der Waals surface area contributed by atoms with E-state index in [1.807, 2.05) is 25.1 Å². The Kier molecular flexibility index (Phi) is 11.0. The van der Waals surface area contributed by atoms with E-state index in [0.29, 0.717) is 24.1 Å². The number of nitrogens with one attached hydrogen (secondary N) is 2. The first kappa shape index (κ1) is 34.7. The van der Waals surface area contributed by atoms with Crippen LogP contribution in [0.1, 0.15) is 51.0 Å². The summed E-state index contributed by atoms with van der Waals surface area (Å²) >= 11 is 0. The van der Waals surface area contributed by atoms with Crippen LogP contribution in [0.3, 0.4) is 0 Å². The fraction of sp³-hybridized carbons (Fsp3) is 0.194. The van der Waals surface area contributed by atoms with Crippen molar-refractivity contribution in [2.75, 3.05) is 0 Å². The number of sulfonamides is 1. The summed E-state index contributed by atoms with van der Waals surface area (Å²) in [7, 11) is -4.22. The average molecular weight is 682 g/mol. The van der Waals surface area contributed by atoms with Gasteiger partial charge in [-0.2, -0.15) is 5.10 Å². The standard InChI is InChI=1S/C36H35N5O7S/c1-2-8-28-22-31(35(44)38-30(33(42)36(45)46)21-24-9-4-3-5-10-24)39-41(28)23-25-13-15-26(16-14-25)29-11-6-7-12-32(29)49(47,48)40-34(43)27-17-19-37-20-18-27/h3-7,9-20,22,30,33,42H,2,8,21,23H2,1H3,(H,38,44)(H,40,43)(H,45,46). The normalized spacial score (nSPS) is 12.5. The lowest BCUT2D eigenvalue weighted by Gasteiger charge is -2.21. The van der Waals surface area contributed by atoms with Gasteiger partial charge in [-0.3, -0.25) is 19.3 Å². The van der Waals surface area contributed by atoms with Crippen LogP contribution in [-0.2, 0) is 34.2 Å². The van der Waals surface area contributed by atoms with Gasteiger partial charge in [0.15, 0.2) is 6.10 Å². The summed E-state index contributed by atoms with van der Waals surface area (Å²) in [6.07, 6.45) is 2.49. The number of aryl methyl sites for hydroxylation is 1. The number of carboxylic acid groups (broad SMARTS) is 1. The van der Waals surface area contributed by atoms with Crippen molar-refractivity contribution in [3.63, 3.8) is 0 Å². The van der Waals surface area contributed by atoms with Gasteiger partial charge >= 0.3 is 5.97 Å². The number of carbonyl (C=O) groups excluding carboxylic acids is 2. The number of benzene rings is 3. The summed E-state index contributed by atoms with van der Waals surface area (Å²) in [6, 6.07) is 25.9. The third-order valence-corrected chi connectivity index (χ3v) is 9.18. The smallest absolute Gasteiger partial charge is 0.334 e. The Hall–Kier alpha value is -5.66. The second-order valence-corrected chi connectivity index (χ2v) is 13.0. The molecule has 0 saturated carbocycles. The molecule has 13 heteroatoms. The number of aliphatic carboxylic acids is 1. The molecule has 252 valence electrons. The predicted octanol–water partition coefficient (Wildman–Crippen LogP) is 3.85. The minimum Gasteiger partial charge on any atom is -0.479 e. The van der Waals surface area contributed by atoms with Gasteiger partial charge in [-0.05, 0) is 53.8 Å². The second kappa shape index (κ2) is 15.5. The molecule has 2 amide bonds. The largest absolute Gasteiger partial charge is 0.479 e. The van der Waals surface area contributed by atoms with Crippen LogP contribution >= 0.6 is 0 Å². The van der Waals surface area contributed by atoms with Gasteiger partial charge in [0.1, 0.15) is 5.69 Å². The van der Waals surface area contributed by atoms with Crippen molar-refractivity contribution in [3.05, 3.63) is 138 Å². The molecule has 5 aromatic rings. The maximum absolute atomic E-state index is 13.3. The SMILES string of the molecule is CCCc1cc(C(=O)NC(Cc2ccccc2)C(O)C(=O)O)nn1Cc1ccc(-c2ccccc2S(=O)(=O)NC(=O)c2ccncc2)cc1. The van der Waals surface area contributed by atoms with Gasteiger partial charge in [-0.25, -0.2) is 17.9 Å². The van der Waals surface area contributed by atoms with E-state index in [-0.39, 0.29) is 22.6 Å². The molecule has 49 heavy (non-hydrogen) atoms. The van der Waals surface area contributed by atoms with Crippen molar-refractivity contribution in [1.29, 1.82) is 0 Å². The molecule has 5 rings (SSSR count). The molecule has 0 aliphatic heterocycles. The van der Waals surface area contributed by atoms with E-state index in [1.165, 1.54) is 30.6 Å². The zero-order chi connectivity index (χ0) is 35.0. The van der Waals surface area contributed by atoms with Crippen molar-refractivity contribution < 1.29 is 33.0 Å². The van der Waals surface area contributed by atoms with Crippen molar-refractivity contribution in [1.82, 2.24) is 24.8 Å². The zero-order valence-electron chi connectivity index (χ0n) is 26.6. The molecule has 0 saturated heterocycles. The van der Waals surface area contributed by atoms with Gasteiger partial charge in [0.2, 0.25) is 0 Å². The van der Waals surface area contributed by atoms with Gasteiger partial charge in [0.25, 0.3) is 21.8 Å². The van der Waals surface area contributed by atoms with Crippen LogP contribution in [-0.4, -0.2) is 63.3 Å². The highest BCUT2D eigenvalue weighted by atomic mass is 32.2. The average Bonchev–Trinajstić information content (AvgIpc) is 3.50. The molecule has 0 spiro atoms. The Morgan fingerprint density at radius 3 is 2.20 bits per heavy atom. The molecule has 0 fully saturated rings. The Morgan fingerprint density at radius 1 is 0.857 bits per heavy atom. The maximum Gasteiger partial charge on any atom is 0.334 e. The maximum atomic E-state index is 13.3. The summed E-state index contributed by atoms with van der Waals surface area (Å²) in [5, 5.41) is 27.0. The Bertz CT molecular complexity index is 2030. The van der Waals surface area contributed by atoms with E-state index in [4.69, 9.17) is 0 Å². The van der Waals surface area contributed by atoms with Crippen molar-refractivity contribution in [3.8, 4) is 11.1 Å². The molecular weight excluding hydrogens is 646 g/mol. The van der Waals surface area contributed by atoms with E-state index < -0.39 is 40.0 Å². The number of pyridine rings is 1. The molecule has 0 bridgehead atoms. The zero-order valence-corrected chi connectivity index (χ0v) is 27.4. The Morgan fingerprint density at radius 2 is 1.53 bits per heavy atom. The van der Waals surface area contributed by atoms with Crippen LogP contribution in [0.25, 0.3) is 11.1 Å². The summed E-state index contributed by atoms with van der Waals surface area (Å²) in [4.78, 5) is 41.3. The number of aliphatic hydroxyl groups is 1. The molecule has 3 aromatic carbocycles. The first-order valence-corrected chi connectivity index (χ1v) is 17.0. The molecule has 0 radical (unpaired) electrons. The summed E-state index contributed by atoms with van der Waals surface area (Å²) in [5.74, 6) is -2.83. The summed E-state index contributed by atoms with van der Waals surface area (Å²) in [5.41, 5.74) is 3.63. The van der Waals surface area contributed by atoms with Crippen molar-refractivity contribution in [2.45, 2.75) is 49.8 Å². The van der Waals surface area contributed by atoms with Crippen LogP contribution in [0.4, 0.5) is 0 Å². The second-order valence-electron chi connectivity index (χ2n) is 11.3. The van der Waals surface area contributed by atoms with E-state index in [9.17, 15) is 33.0 Å². The van der Waals surface area contributed by atoms with Gasteiger partial charge < -0.3 is 15.5 Å². The molecular formula is C36H35N5O7S. The topological polar surface area (TPSA) is 181 Å². The number of rotatable bonds is 14. The van der Waals surface area contributed by atoms with Crippen LogP contribution in [0.2, 0.25) is 0 Å². The predicted molar refractivity (Wildman–Crippen MR) is 181 cm³/mol. The van der Waals surface area contributed by atoms with Crippen LogP contribution in [0.15, 0.2) is 114 Å². The molecule has 0 aliphatic rings. The van der Waals surface area contributed by atoms with Crippen molar-refractivity contribution in [2.24, 2.45) is 0 Å². The fourth-order valence-electron chi connectivity index (χ4n) is 5.33. The highest BCUT2D eigenvalue weighted by molar-refractivity contribution is 7.90. The lowest BCUT2D eigenvalue weighted by atomic mass is 10.0. The monoisotopic (exact) mass is 681 g/mol. The van der Waals surface area contributed by atoms with Gasteiger partial charge in [0, 0.05) is 29.2 Å². The Labute approximate surface area is 283 Å². The highest BCUT2D eigenvalue weighted by Crippen LogP contribution is 2.28. The highest BCUT2D eigenvalue weighted by Gasteiger charge is 2.29. The first-order chi connectivity index (χ1) is 23.6. The summed E-state index contributed by atoms with van der Waals surface area (Å²) in [6.45, 7) is 2.30. The van der Waals surface area contributed by atoms with E-state index in [2.05, 4.69) is 20.1 Å². The number of aromatic nitrogens is 3. The van der Waals surface area contributed by atoms with Gasteiger partial charge in [0.05, 0.1) is 17.5 Å². The Balaban J connectivity index is 1.34. The molecule has 2 atom stereocenters. The molecule has 0 aliphatic carbocycles. The minimum atomic E-state index is -4.22. The number of amides is 2. The van der Waals surface area contributed by atoms with Gasteiger partial charge in [-0.15, -0.1) is 0 Å². The molecule has 2 unspecified atom stereocenters. The minimum absolute atomic E-state index is 0.0586. The lowest BCUT2D eigenvalue weighted by molar-refractivity contribution is -0.148. The van der Waals surface area contributed by atoms with E-state index >= 15 is 0 Å². The quantitative estimate of drug-likeness (QED) is 0.135. The first-order valence-electron chi connectivity index (χ1n) is 15.5. The number of nitrogens with zero attached hydrogens (tertiary/aromatic N) is 3. The molecule has 12 nitrogen and oxygen atoms in total. The number of aliphatic hydroxyl groups excluding tert-OH is 1. The van der Waals surface area contributed by atoms with Crippen molar-refractivity contribution >= 4 is 27.8 Å². The number of carboxylic acids is 1. The third-order valence-electron chi connectivity index (χ3n) is 7.79. The lowest BCUT2D eigenvalue weighted by Crippen LogP contribution is -2.48. The van der Waals surface area contributed by atoms with E-state index in [1.54, 1.807) is 65.3 Å². The molecule has 4 N–H and O–H groups in total. The van der Waals surface area contributed by atoms with Crippen LogP contribution < -0.4 is 10.0 Å². The number of carbonyl (C=O) groups is 3. The fourth-order valence-corrected chi connectivity index (χ4v) is 6.53. The number of hydrogen-bond donors (Lipinski definition) is 4. The third kappa shape index (κ3) is 8.63. The summed E-state index contributed by atoms with van der Waals surface area (Å²) < 4.78 is 30.4. The molecule has 2 aromatic heterocycles. The number of hydrogen-bond acceptors (Lipinski definition) is 8.